The lowest BCUT2D eigenvalue weighted by Crippen LogP contribution is -2.55. The minimum Gasteiger partial charge on any atom is -0.480 e. The second-order valence-electron chi connectivity index (χ2n) is 6.59. The molecule has 142 valence electrons. The first-order valence-electron chi connectivity index (χ1n) is 8.71. The van der Waals surface area contributed by atoms with Gasteiger partial charge in [-0.2, -0.15) is 0 Å². The first-order chi connectivity index (χ1) is 12.6. The monoisotopic (exact) mass is 388 g/mol. The zero-order valence-electron chi connectivity index (χ0n) is 14.6. The van der Waals surface area contributed by atoms with Crippen molar-refractivity contribution >= 4 is 24.5 Å². The molecule has 1 aliphatic carbocycles. The number of halogens is 1. The maximum atomic E-state index is 12.4. The average molecular weight is 389 g/mol. The Balaban J connectivity index is 0.00000210. The van der Waals surface area contributed by atoms with Crippen LogP contribution in [-0.2, 0) is 9.53 Å². The summed E-state index contributed by atoms with van der Waals surface area (Å²) < 4.78 is 5.57. The lowest BCUT2D eigenvalue weighted by atomic mass is 9.98. The molecule has 1 aliphatic heterocycles. The van der Waals surface area contributed by atoms with Crippen molar-refractivity contribution in [3.8, 4) is 11.1 Å². The molecule has 0 bridgehead atoms. The molecule has 0 aromatic heterocycles. The van der Waals surface area contributed by atoms with E-state index in [1.54, 1.807) is 0 Å². The van der Waals surface area contributed by atoms with E-state index in [2.05, 4.69) is 29.6 Å². The number of hydrogen-bond donors (Lipinski definition) is 2. The topological polar surface area (TPSA) is 78.9 Å². The van der Waals surface area contributed by atoms with Gasteiger partial charge in [-0.05, 0) is 22.3 Å². The Morgan fingerprint density at radius 3 is 2.26 bits per heavy atom. The maximum absolute atomic E-state index is 12.4. The molecule has 1 atom stereocenters. The summed E-state index contributed by atoms with van der Waals surface area (Å²) in [5, 5.41) is 12.0. The number of rotatable bonds is 3. The maximum Gasteiger partial charge on any atom is 0.409 e. The fourth-order valence-corrected chi connectivity index (χ4v) is 3.77. The van der Waals surface area contributed by atoms with E-state index in [0.717, 1.165) is 11.1 Å². The van der Waals surface area contributed by atoms with Crippen LogP contribution >= 0.6 is 12.4 Å². The van der Waals surface area contributed by atoms with Crippen molar-refractivity contribution in [2.75, 3.05) is 26.2 Å². The number of fused-ring (bicyclic) bond motifs is 3. The normalized spacial score (nSPS) is 18.2. The van der Waals surface area contributed by atoms with Crippen LogP contribution in [0.2, 0.25) is 0 Å². The molecule has 1 fully saturated rings. The van der Waals surface area contributed by atoms with E-state index in [1.807, 2.05) is 24.3 Å². The van der Waals surface area contributed by atoms with Gasteiger partial charge in [-0.1, -0.05) is 48.5 Å². The van der Waals surface area contributed by atoms with Gasteiger partial charge in [0.2, 0.25) is 0 Å². The summed E-state index contributed by atoms with van der Waals surface area (Å²) in [6, 6.07) is 15.6. The van der Waals surface area contributed by atoms with Crippen molar-refractivity contribution in [1.29, 1.82) is 0 Å². The molecule has 4 rings (SSSR count). The number of ether oxygens (including phenoxy) is 1. The number of carbonyl (C=O) groups excluding carboxylic acids is 1. The van der Waals surface area contributed by atoms with Gasteiger partial charge >= 0.3 is 12.1 Å². The number of nitrogens with zero attached hydrogens (tertiary/aromatic N) is 1. The van der Waals surface area contributed by atoms with Crippen molar-refractivity contribution in [2.24, 2.45) is 0 Å². The fraction of sp³-hybridized carbons (Fsp3) is 0.300. The molecule has 1 heterocycles. The summed E-state index contributed by atoms with van der Waals surface area (Å²) in [5.74, 6) is -0.953. The van der Waals surface area contributed by atoms with Crippen LogP contribution in [0.5, 0.6) is 0 Å². The lowest BCUT2D eigenvalue weighted by Gasteiger charge is -2.31. The number of carboxylic acid groups (broad SMARTS) is 1. The van der Waals surface area contributed by atoms with E-state index in [-0.39, 0.29) is 31.5 Å². The number of piperazine rings is 1. The van der Waals surface area contributed by atoms with Gasteiger partial charge in [0.1, 0.15) is 12.6 Å². The lowest BCUT2D eigenvalue weighted by molar-refractivity contribution is -0.140. The van der Waals surface area contributed by atoms with E-state index in [4.69, 9.17) is 9.84 Å². The average Bonchev–Trinajstić information content (AvgIpc) is 3.00. The number of amides is 1. The second kappa shape index (κ2) is 7.98. The van der Waals surface area contributed by atoms with Crippen molar-refractivity contribution in [3.05, 3.63) is 59.7 Å². The highest BCUT2D eigenvalue weighted by molar-refractivity contribution is 5.85. The SMILES string of the molecule is Cl.O=C(O)C1CN(C(=O)OCC2c3ccccc3-c3ccccc32)CCN1. The first kappa shape index (κ1) is 19.2. The third kappa shape index (κ3) is 3.63. The van der Waals surface area contributed by atoms with Gasteiger partial charge in [-0.15, -0.1) is 12.4 Å². The van der Waals surface area contributed by atoms with E-state index >= 15 is 0 Å². The van der Waals surface area contributed by atoms with Crippen LogP contribution < -0.4 is 5.32 Å². The predicted octanol–water partition coefficient (Wildman–Crippen LogP) is 2.72. The molecule has 2 aromatic carbocycles. The highest BCUT2D eigenvalue weighted by Crippen LogP contribution is 2.44. The molecule has 0 saturated carbocycles. The van der Waals surface area contributed by atoms with E-state index in [9.17, 15) is 9.59 Å². The Labute approximate surface area is 163 Å². The van der Waals surface area contributed by atoms with Crippen LogP contribution in [0.25, 0.3) is 11.1 Å². The summed E-state index contributed by atoms with van der Waals surface area (Å²) in [6.07, 6.45) is -0.459. The molecular weight excluding hydrogens is 368 g/mol. The Morgan fingerprint density at radius 2 is 1.67 bits per heavy atom. The molecule has 0 radical (unpaired) electrons. The fourth-order valence-electron chi connectivity index (χ4n) is 3.77. The van der Waals surface area contributed by atoms with Crippen molar-refractivity contribution in [1.82, 2.24) is 10.2 Å². The number of carboxylic acids is 1. The third-order valence-electron chi connectivity index (χ3n) is 5.07. The summed E-state index contributed by atoms with van der Waals surface area (Å²) >= 11 is 0. The van der Waals surface area contributed by atoms with Crippen LogP contribution in [0.1, 0.15) is 17.0 Å². The molecular formula is C20H21ClN2O4. The van der Waals surface area contributed by atoms with E-state index in [1.165, 1.54) is 16.0 Å². The number of carbonyl (C=O) groups is 2. The quantitative estimate of drug-likeness (QED) is 0.845. The number of benzene rings is 2. The van der Waals surface area contributed by atoms with Crippen LogP contribution in [0, 0.1) is 0 Å². The second-order valence-corrected chi connectivity index (χ2v) is 6.59. The van der Waals surface area contributed by atoms with Gasteiger partial charge in [0.05, 0.1) is 6.54 Å². The van der Waals surface area contributed by atoms with Crippen molar-refractivity contribution in [3.63, 3.8) is 0 Å². The predicted molar refractivity (Wildman–Crippen MR) is 103 cm³/mol. The molecule has 1 unspecified atom stereocenters. The first-order valence-corrected chi connectivity index (χ1v) is 8.71. The number of hydrogen-bond acceptors (Lipinski definition) is 4. The Bertz CT molecular complexity index is 812. The smallest absolute Gasteiger partial charge is 0.409 e. The summed E-state index contributed by atoms with van der Waals surface area (Å²) in [6.45, 7) is 1.25. The van der Waals surface area contributed by atoms with E-state index < -0.39 is 18.1 Å². The summed E-state index contributed by atoms with van der Waals surface area (Å²) in [7, 11) is 0. The Kier molecular flexibility index (Phi) is 5.68. The highest BCUT2D eigenvalue weighted by Gasteiger charge is 2.32. The zero-order valence-corrected chi connectivity index (χ0v) is 15.4. The van der Waals surface area contributed by atoms with Gasteiger partial charge in [0.15, 0.2) is 0 Å². The van der Waals surface area contributed by atoms with E-state index in [0.29, 0.717) is 13.1 Å². The molecule has 6 nitrogen and oxygen atoms in total. The molecule has 2 N–H and O–H groups in total. The molecule has 27 heavy (non-hydrogen) atoms. The summed E-state index contributed by atoms with van der Waals surface area (Å²) in [4.78, 5) is 25.0. The van der Waals surface area contributed by atoms with Crippen molar-refractivity contribution in [2.45, 2.75) is 12.0 Å². The molecule has 1 saturated heterocycles. The largest absolute Gasteiger partial charge is 0.480 e. The van der Waals surface area contributed by atoms with Gasteiger partial charge in [-0.25, -0.2) is 4.79 Å². The highest BCUT2D eigenvalue weighted by atomic mass is 35.5. The molecule has 2 aliphatic rings. The van der Waals surface area contributed by atoms with Crippen LogP contribution in [0.4, 0.5) is 4.79 Å². The molecule has 7 heteroatoms. The van der Waals surface area contributed by atoms with Gasteiger partial charge in [0.25, 0.3) is 0 Å². The zero-order chi connectivity index (χ0) is 18.1. The Hall–Kier alpha value is -2.57. The minimum atomic E-state index is -0.957. The van der Waals surface area contributed by atoms with Crippen LogP contribution in [0.3, 0.4) is 0 Å². The standard InChI is InChI=1S/C20H20N2O4.ClH/c23-19(24)18-11-22(10-9-21-18)20(25)26-12-17-15-7-3-1-5-13(15)14-6-2-4-8-16(14)17;/h1-8,17-18,21H,9-12H2,(H,23,24);1H. The number of nitrogens with one attached hydrogen (secondary N) is 1. The molecule has 0 spiro atoms. The Morgan fingerprint density at radius 1 is 1.07 bits per heavy atom. The molecule has 1 amide bonds. The van der Waals surface area contributed by atoms with Gasteiger partial charge in [-0.3, -0.25) is 4.79 Å². The van der Waals surface area contributed by atoms with Gasteiger partial charge in [0, 0.05) is 19.0 Å². The van der Waals surface area contributed by atoms with Crippen LogP contribution in [-0.4, -0.2) is 54.4 Å². The van der Waals surface area contributed by atoms with Crippen molar-refractivity contribution < 1.29 is 19.4 Å². The third-order valence-corrected chi connectivity index (χ3v) is 5.07. The molecule has 2 aromatic rings. The number of aliphatic carboxylic acids is 1. The van der Waals surface area contributed by atoms with Gasteiger partial charge < -0.3 is 20.1 Å². The van der Waals surface area contributed by atoms with Crippen LogP contribution in [0.15, 0.2) is 48.5 Å². The summed E-state index contributed by atoms with van der Waals surface area (Å²) in [5.41, 5.74) is 4.67. The minimum absolute atomic E-state index is 0.